The highest BCUT2D eigenvalue weighted by Crippen LogP contribution is 2.37. The van der Waals surface area contributed by atoms with Gasteiger partial charge in [-0.3, -0.25) is 0 Å². The van der Waals surface area contributed by atoms with Crippen molar-refractivity contribution in [1.29, 1.82) is 0 Å². The summed E-state index contributed by atoms with van der Waals surface area (Å²) in [6.07, 6.45) is 5.03. The number of halogens is 1. The minimum Gasteiger partial charge on any atom is -0.310 e. The summed E-state index contributed by atoms with van der Waals surface area (Å²) in [5.74, 6) is 1.29. The third-order valence-electron chi connectivity index (χ3n) is 4.36. The molecule has 3 atom stereocenters. The van der Waals surface area contributed by atoms with Crippen molar-refractivity contribution in [1.82, 2.24) is 5.32 Å². The summed E-state index contributed by atoms with van der Waals surface area (Å²) in [5.41, 5.74) is 1.85. The first kappa shape index (κ1) is 14.5. The largest absolute Gasteiger partial charge is 0.310 e. The van der Waals surface area contributed by atoms with Crippen LogP contribution in [0.15, 0.2) is 18.2 Å². The molecule has 0 radical (unpaired) electrons. The lowest BCUT2D eigenvalue weighted by molar-refractivity contribution is 0.222. The maximum atomic E-state index is 14.2. The van der Waals surface area contributed by atoms with E-state index in [0.717, 1.165) is 23.6 Å². The first-order chi connectivity index (χ1) is 9.11. The van der Waals surface area contributed by atoms with Gasteiger partial charge in [0, 0.05) is 11.6 Å². The molecule has 0 bridgehead atoms. The third kappa shape index (κ3) is 3.56. The monoisotopic (exact) mass is 263 g/mol. The maximum absolute atomic E-state index is 14.2. The Morgan fingerprint density at radius 3 is 2.79 bits per heavy atom. The van der Waals surface area contributed by atoms with Crippen LogP contribution >= 0.6 is 0 Å². The number of hydrogen-bond donors (Lipinski definition) is 1. The van der Waals surface area contributed by atoms with Crippen molar-refractivity contribution in [2.45, 2.75) is 52.5 Å². The summed E-state index contributed by atoms with van der Waals surface area (Å²) < 4.78 is 14.2. The van der Waals surface area contributed by atoms with Gasteiger partial charge in [0.2, 0.25) is 0 Å². The fraction of sp³-hybridized carbons (Fsp3) is 0.647. The number of rotatable bonds is 4. The Morgan fingerprint density at radius 2 is 2.16 bits per heavy atom. The van der Waals surface area contributed by atoms with E-state index in [4.69, 9.17) is 0 Å². The van der Waals surface area contributed by atoms with Crippen molar-refractivity contribution < 1.29 is 4.39 Å². The molecule has 0 aliphatic heterocycles. The highest BCUT2D eigenvalue weighted by molar-refractivity contribution is 5.26. The second kappa shape index (κ2) is 6.51. The van der Waals surface area contributed by atoms with E-state index in [1.54, 1.807) is 6.07 Å². The van der Waals surface area contributed by atoms with E-state index in [2.05, 4.69) is 19.2 Å². The van der Waals surface area contributed by atoms with Gasteiger partial charge < -0.3 is 5.32 Å². The van der Waals surface area contributed by atoms with Crippen LogP contribution in [-0.2, 0) is 0 Å². The number of hydrogen-bond acceptors (Lipinski definition) is 1. The molecule has 1 aliphatic carbocycles. The quantitative estimate of drug-likeness (QED) is 0.836. The van der Waals surface area contributed by atoms with E-state index in [9.17, 15) is 4.39 Å². The molecule has 0 saturated heterocycles. The normalized spacial score (nSPS) is 25.3. The van der Waals surface area contributed by atoms with Gasteiger partial charge in [-0.2, -0.15) is 0 Å². The Morgan fingerprint density at radius 1 is 1.37 bits per heavy atom. The predicted molar refractivity (Wildman–Crippen MR) is 78.7 cm³/mol. The molecule has 1 N–H and O–H groups in total. The molecule has 1 saturated carbocycles. The van der Waals surface area contributed by atoms with Gasteiger partial charge in [0.15, 0.2) is 0 Å². The van der Waals surface area contributed by atoms with Crippen LogP contribution in [0.3, 0.4) is 0 Å². The van der Waals surface area contributed by atoms with E-state index in [1.807, 2.05) is 19.1 Å². The van der Waals surface area contributed by atoms with E-state index < -0.39 is 0 Å². The zero-order chi connectivity index (χ0) is 13.8. The minimum absolute atomic E-state index is 0.0517. The van der Waals surface area contributed by atoms with Crippen LogP contribution in [0.4, 0.5) is 4.39 Å². The lowest BCUT2D eigenvalue weighted by Crippen LogP contribution is -2.32. The molecule has 106 valence electrons. The van der Waals surface area contributed by atoms with Crippen molar-refractivity contribution in [2.75, 3.05) is 6.54 Å². The Bertz CT molecular complexity index is 416. The van der Waals surface area contributed by atoms with Crippen molar-refractivity contribution >= 4 is 0 Å². The Kier molecular flexibility index (Phi) is 4.98. The Balaban J connectivity index is 2.23. The average Bonchev–Trinajstić information content (AvgIpc) is 2.37. The molecular formula is C17H26FN. The fourth-order valence-corrected chi connectivity index (χ4v) is 3.42. The molecule has 0 amide bonds. The van der Waals surface area contributed by atoms with Crippen LogP contribution < -0.4 is 5.32 Å². The van der Waals surface area contributed by atoms with Crippen LogP contribution in [-0.4, -0.2) is 6.54 Å². The first-order valence-electron chi connectivity index (χ1n) is 7.61. The number of aryl methyl sites for hydroxylation is 1. The molecule has 2 rings (SSSR count). The van der Waals surface area contributed by atoms with Crippen LogP contribution in [0.1, 0.15) is 56.7 Å². The zero-order valence-electron chi connectivity index (χ0n) is 12.4. The molecule has 1 aromatic carbocycles. The standard InChI is InChI=1S/C17H26FN/c1-4-19-17(14-7-5-6-12(2)10-14)15-9-8-13(3)11-16(15)18/h8-9,11-12,14,17,19H,4-7,10H2,1-3H3. The Hall–Kier alpha value is -0.890. The van der Waals surface area contributed by atoms with Crippen molar-refractivity contribution in [3.8, 4) is 0 Å². The van der Waals surface area contributed by atoms with Crippen LogP contribution in [0.2, 0.25) is 0 Å². The molecule has 1 nitrogen and oxygen atoms in total. The van der Waals surface area contributed by atoms with E-state index in [0.29, 0.717) is 5.92 Å². The second-order valence-corrected chi connectivity index (χ2v) is 6.09. The molecule has 0 heterocycles. The van der Waals surface area contributed by atoms with Crippen molar-refractivity contribution in [3.05, 3.63) is 35.1 Å². The predicted octanol–water partition coefficient (Wildman–Crippen LogP) is 4.61. The van der Waals surface area contributed by atoms with Gasteiger partial charge in [-0.15, -0.1) is 0 Å². The van der Waals surface area contributed by atoms with Gasteiger partial charge in [0.1, 0.15) is 5.82 Å². The summed E-state index contributed by atoms with van der Waals surface area (Å²) in [6.45, 7) is 7.26. The molecule has 0 spiro atoms. The molecule has 0 aromatic heterocycles. The lowest BCUT2D eigenvalue weighted by Gasteiger charge is -2.34. The van der Waals surface area contributed by atoms with Gasteiger partial charge in [0.25, 0.3) is 0 Å². The van der Waals surface area contributed by atoms with Crippen LogP contribution in [0, 0.1) is 24.6 Å². The first-order valence-corrected chi connectivity index (χ1v) is 7.61. The van der Waals surface area contributed by atoms with Crippen LogP contribution in [0.5, 0.6) is 0 Å². The fourth-order valence-electron chi connectivity index (χ4n) is 3.42. The van der Waals surface area contributed by atoms with Crippen molar-refractivity contribution in [2.24, 2.45) is 11.8 Å². The molecule has 1 aromatic rings. The summed E-state index contributed by atoms with van der Waals surface area (Å²) in [6, 6.07) is 5.83. The maximum Gasteiger partial charge on any atom is 0.128 e. The summed E-state index contributed by atoms with van der Waals surface area (Å²) in [5, 5.41) is 3.51. The van der Waals surface area contributed by atoms with Gasteiger partial charge in [0.05, 0.1) is 0 Å². The van der Waals surface area contributed by atoms with Gasteiger partial charge >= 0.3 is 0 Å². The van der Waals surface area contributed by atoms with Crippen LogP contribution in [0.25, 0.3) is 0 Å². The highest BCUT2D eigenvalue weighted by atomic mass is 19.1. The number of nitrogens with one attached hydrogen (secondary N) is 1. The SMILES string of the molecule is CCNC(c1ccc(C)cc1F)C1CCCC(C)C1. The van der Waals surface area contributed by atoms with E-state index in [1.165, 1.54) is 25.7 Å². The molecule has 2 heteroatoms. The topological polar surface area (TPSA) is 12.0 Å². The average molecular weight is 263 g/mol. The smallest absolute Gasteiger partial charge is 0.128 e. The third-order valence-corrected chi connectivity index (χ3v) is 4.36. The lowest BCUT2D eigenvalue weighted by atomic mass is 9.76. The van der Waals surface area contributed by atoms with Gasteiger partial charge in [-0.1, -0.05) is 38.8 Å². The Labute approximate surface area is 116 Å². The minimum atomic E-state index is -0.0517. The van der Waals surface area contributed by atoms with E-state index in [-0.39, 0.29) is 11.9 Å². The molecule has 19 heavy (non-hydrogen) atoms. The zero-order valence-corrected chi connectivity index (χ0v) is 12.4. The molecular weight excluding hydrogens is 237 g/mol. The van der Waals surface area contributed by atoms with Gasteiger partial charge in [-0.25, -0.2) is 4.39 Å². The summed E-state index contributed by atoms with van der Waals surface area (Å²) >= 11 is 0. The van der Waals surface area contributed by atoms with Gasteiger partial charge in [-0.05, 0) is 49.8 Å². The summed E-state index contributed by atoms with van der Waals surface area (Å²) in [4.78, 5) is 0. The van der Waals surface area contributed by atoms with E-state index >= 15 is 0 Å². The van der Waals surface area contributed by atoms with Crippen molar-refractivity contribution in [3.63, 3.8) is 0 Å². The molecule has 1 aliphatic rings. The summed E-state index contributed by atoms with van der Waals surface area (Å²) in [7, 11) is 0. The number of benzene rings is 1. The molecule has 1 fully saturated rings. The second-order valence-electron chi connectivity index (χ2n) is 6.09. The highest BCUT2D eigenvalue weighted by Gasteiger charge is 2.28. The molecule has 3 unspecified atom stereocenters.